The van der Waals surface area contributed by atoms with E-state index in [0.29, 0.717) is 16.6 Å². The number of thiophene rings is 1. The van der Waals surface area contributed by atoms with Crippen LogP contribution in [0.1, 0.15) is 4.88 Å². The van der Waals surface area contributed by atoms with Crippen LogP contribution >= 0.6 is 38.6 Å². The lowest BCUT2D eigenvalue weighted by atomic mass is 10.2. The number of ether oxygens (including phenoxy) is 1. The van der Waals surface area contributed by atoms with E-state index in [9.17, 15) is 9.59 Å². The van der Waals surface area contributed by atoms with Crippen LogP contribution in [0, 0.1) is 6.92 Å². The summed E-state index contributed by atoms with van der Waals surface area (Å²) in [6.07, 6.45) is 0. The Morgan fingerprint density at radius 2 is 2.22 bits per heavy atom. The number of nitrogens with zero attached hydrogens (tertiary/aromatic N) is 2. The van der Waals surface area contributed by atoms with Crippen molar-refractivity contribution < 1.29 is 14.3 Å². The number of thiazole rings is 1. The van der Waals surface area contributed by atoms with E-state index in [1.54, 1.807) is 23.5 Å². The molecule has 0 spiro atoms. The quantitative estimate of drug-likeness (QED) is 0.625. The van der Waals surface area contributed by atoms with Crippen molar-refractivity contribution in [1.29, 1.82) is 0 Å². The zero-order valence-corrected chi connectivity index (χ0v) is 17.4. The van der Waals surface area contributed by atoms with E-state index >= 15 is 0 Å². The predicted molar refractivity (Wildman–Crippen MR) is 111 cm³/mol. The number of aromatic nitrogens is 1. The average molecular weight is 464 g/mol. The van der Waals surface area contributed by atoms with Gasteiger partial charge in [-0.1, -0.05) is 15.9 Å². The van der Waals surface area contributed by atoms with Gasteiger partial charge in [0, 0.05) is 14.7 Å². The molecular weight excluding hydrogens is 450 g/mol. The zero-order chi connectivity index (χ0) is 19.0. The Balaban J connectivity index is 1.47. The number of anilines is 2. The van der Waals surface area contributed by atoms with Gasteiger partial charge in [0.25, 0.3) is 5.91 Å². The Hall–Kier alpha value is -2.23. The Morgan fingerprint density at radius 1 is 1.37 bits per heavy atom. The predicted octanol–water partition coefficient (Wildman–Crippen LogP) is 4.31. The summed E-state index contributed by atoms with van der Waals surface area (Å²) in [5.41, 5.74) is 1.42. The fraction of sp³-hybridized carbons (Fsp3) is 0.167. The molecule has 6 nitrogen and oxygen atoms in total. The lowest BCUT2D eigenvalue weighted by molar-refractivity contribution is -0.123. The van der Waals surface area contributed by atoms with Crippen molar-refractivity contribution in [2.24, 2.45) is 0 Å². The number of hydrogen-bond donors (Lipinski definition) is 1. The number of hydrogen-bond acceptors (Lipinski definition) is 6. The fourth-order valence-electron chi connectivity index (χ4n) is 2.67. The number of halogens is 1. The highest BCUT2D eigenvalue weighted by Crippen LogP contribution is 2.34. The van der Waals surface area contributed by atoms with Crippen LogP contribution in [0.25, 0.3) is 10.6 Å². The molecule has 0 bridgehead atoms. The number of carbonyl (C=O) groups excluding carboxylic acids is 2. The molecule has 3 aromatic rings. The van der Waals surface area contributed by atoms with Gasteiger partial charge in [0.1, 0.15) is 12.3 Å². The Labute approximate surface area is 171 Å². The van der Waals surface area contributed by atoms with Gasteiger partial charge in [-0.05, 0) is 37.3 Å². The Bertz CT molecular complexity index is 1030. The van der Waals surface area contributed by atoms with Gasteiger partial charge in [0.05, 0.1) is 16.3 Å². The molecule has 0 saturated carbocycles. The monoisotopic (exact) mass is 463 g/mol. The summed E-state index contributed by atoms with van der Waals surface area (Å²) < 4.78 is 6.29. The van der Waals surface area contributed by atoms with Crippen molar-refractivity contribution in [3.8, 4) is 16.3 Å². The van der Waals surface area contributed by atoms with Crippen LogP contribution in [-0.4, -0.2) is 29.9 Å². The van der Waals surface area contributed by atoms with Gasteiger partial charge in [0.2, 0.25) is 5.91 Å². The Kier molecular flexibility index (Phi) is 4.98. The third-order valence-electron chi connectivity index (χ3n) is 3.91. The lowest BCUT2D eigenvalue weighted by Gasteiger charge is -2.28. The molecule has 1 N–H and O–H groups in total. The number of rotatable bonds is 4. The van der Waals surface area contributed by atoms with Gasteiger partial charge < -0.3 is 10.1 Å². The van der Waals surface area contributed by atoms with Crippen molar-refractivity contribution in [3.05, 3.63) is 45.1 Å². The molecule has 1 aromatic carbocycles. The molecule has 9 heteroatoms. The number of nitrogens with one attached hydrogen (secondary N) is 1. The van der Waals surface area contributed by atoms with Crippen LogP contribution < -0.4 is 15.0 Å². The minimum atomic E-state index is -0.303. The molecule has 0 saturated heterocycles. The van der Waals surface area contributed by atoms with Crippen molar-refractivity contribution in [1.82, 2.24) is 4.98 Å². The summed E-state index contributed by atoms with van der Waals surface area (Å²) in [6.45, 7) is 1.86. The standard InChI is InChI=1S/C18H14BrN3O3S2/c1-10-2-5-15(27-10)12-9-26-18(20-12)21-16(23)7-22-13-4-3-11(19)6-14(13)25-8-17(22)24/h2-6,9H,7-8H2,1H3,(H,20,21,23). The summed E-state index contributed by atoms with van der Waals surface area (Å²) in [5.74, 6) is 0.0117. The van der Waals surface area contributed by atoms with Gasteiger partial charge in [-0.15, -0.1) is 22.7 Å². The molecule has 4 rings (SSSR count). The second-order valence-corrected chi connectivity index (χ2v) is 8.94. The van der Waals surface area contributed by atoms with Crippen molar-refractivity contribution in [2.75, 3.05) is 23.4 Å². The SMILES string of the molecule is Cc1ccc(-c2csc(NC(=O)CN3C(=O)COc4cc(Br)ccc43)n2)s1. The summed E-state index contributed by atoms with van der Waals surface area (Å²) >= 11 is 6.39. The van der Waals surface area contributed by atoms with Crippen LogP contribution in [0.2, 0.25) is 0 Å². The molecule has 27 heavy (non-hydrogen) atoms. The molecule has 1 aliphatic heterocycles. The minimum Gasteiger partial charge on any atom is -0.482 e. The smallest absolute Gasteiger partial charge is 0.265 e. The molecule has 2 amide bonds. The number of aryl methyl sites for hydroxylation is 1. The maximum atomic E-state index is 12.5. The van der Waals surface area contributed by atoms with Crippen LogP contribution in [-0.2, 0) is 9.59 Å². The topological polar surface area (TPSA) is 71.5 Å². The summed E-state index contributed by atoms with van der Waals surface area (Å²) in [5, 5.41) is 5.20. The lowest BCUT2D eigenvalue weighted by Crippen LogP contribution is -2.43. The average Bonchev–Trinajstić information content (AvgIpc) is 3.26. The zero-order valence-electron chi connectivity index (χ0n) is 14.2. The normalized spacial score (nSPS) is 13.3. The highest BCUT2D eigenvalue weighted by Gasteiger charge is 2.27. The van der Waals surface area contributed by atoms with Crippen LogP contribution in [0.3, 0.4) is 0 Å². The molecule has 3 heterocycles. The van der Waals surface area contributed by atoms with E-state index in [-0.39, 0.29) is 25.0 Å². The van der Waals surface area contributed by atoms with Crippen LogP contribution in [0.4, 0.5) is 10.8 Å². The first-order valence-electron chi connectivity index (χ1n) is 8.04. The van der Waals surface area contributed by atoms with Crippen LogP contribution in [0.15, 0.2) is 40.2 Å². The van der Waals surface area contributed by atoms with Gasteiger partial charge in [-0.3, -0.25) is 14.5 Å². The largest absolute Gasteiger partial charge is 0.482 e. The van der Waals surface area contributed by atoms with E-state index < -0.39 is 0 Å². The van der Waals surface area contributed by atoms with Crippen LogP contribution in [0.5, 0.6) is 5.75 Å². The first-order valence-corrected chi connectivity index (χ1v) is 10.5. The number of fused-ring (bicyclic) bond motifs is 1. The fourth-order valence-corrected chi connectivity index (χ4v) is 4.64. The highest BCUT2D eigenvalue weighted by molar-refractivity contribution is 9.10. The number of benzene rings is 1. The summed E-state index contributed by atoms with van der Waals surface area (Å²) in [4.78, 5) is 32.8. The van der Waals surface area contributed by atoms with E-state index in [1.807, 2.05) is 30.5 Å². The van der Waals surface area contributed by atoms with E-state index in [0.717, 1.165) is 15.0 Å². The first kappa shape index (κ1) is 18.1. The second-order valence-electron chi connectivity index (χ2n) is 5.88. The molecule has 0 aliphatic carbocycles. The maximum Gasteiger partial charge on any atom is 0.265 e. The van der Waals surface area contributed by atoms with Crippen molar-refractivity contribution >= 4 is 61.2 Å². The van der Waals surface area contributed by atoms with Gasteiger partial charge in [0.15, 0.2) is 11.7 Å². The molecule has 0 unspecified atom stereocenters. The number of carbonyl (C=O) groups is 2. The number of amides is 2. The second kappa shape index (κ2) is 7.41. The first-order chi connectivity index (χ1) is 13.0. The molecule has 0 radical (unpaired) electrons. The molecular formula is C18H14BrN3O3S2. The Morgan fingerprint density at radius 3 is 3.00 bits per heavy atom. The molecule has 0 atom stereocenters. The molecule has 0 fully saturated rings. The molecule has 2 aromatic heterocycles. The maximum absolute atomic E-state index is 12.5. The molecule has 138 valence electrons. The molecule has 1 aliphatic rings. The highest BCUT2D eigenvalue weighted by atomic mass is 79.9. The van der Waals surface area contributed by atoms with Gasteiger partial charge >= 0.3 is 0 Å². The van der Waals surface area contributed by atoms with E-state index in [4.69, 9.17) is 4.74 Å². The van der Waals surface area contributed by atoms with Gasteiger partial charge in [-0.2, -0.15) is 0 Å². The van der Waals surface area contributed by atoms with E-state index in [2.05, 4.69) is 26.2 Å². The third kappa shape index (κ3) is 3.90. The van der Waals surface area contributed by atoms with Crippen molar-refractivity contribution in [3.63, 3.8) is 0 Å². The summed E-state index contributed by atoms with van der Waals surface area (Å²) in [7, 11) is 0. The van der Waals surface area contributed by atoms with Gasteiger partial charge in [-0.25, -0.2) is 4.98 Å². The third-order valence-corrected chi connectivity index (χ3v) is 6.18. The van der Waals surface area contributed by atoms with Crippen molar-refractivity contribution in [2.45, 2.75) is 6.92 Å². The summed E-state index contributed by atoms with van der Waals surface area (Å²) in [6, 6.07) is 9.40. The minimum absolute atomic E-state index is 0.0874. The van der Waals surface area contributed by atoms with E-state index in [1.165, 1.54) is 21.1 Å².